The van der Waals surface area contributed by atoms with Gasteiger partial charge in [0.15, 0.2) is 0 Å². The highest BCUT2D eigenvalue weighted by Crippen LogP contribution is 2.01. The van der Waals surface area contributed by atoms with Gasteiger partial charge in [-0.15, -0.1) is 0 Å². The van der Waals surface area contributed by atoms with Gasteiger partial charge in [-0.3, -0.25) is 4.79 Å². The van der Waals surface area contributed by atoms with Gasteiger partial charge in [-0.25, -0.2) is 4.98 Å². The molecule has 0 saturated heterocycles. The van der Waals surface area contributed by atoms with Gasteiger partial charge >= 0.3 is 0 Å². The second-order valence-electron chi connectivity index (χ2n) is 3.88. The molecule has 0 aliphatic heterocycles. The number of amides is 1. The van der Waals surface area contributed by atoms with Crippen LogP contribution in [-0.4, -0.2) is 54.9 Å². The van der Waals surface area contributed by atoms with E-state index < -0.39 is 5.95 Å². The minimum atomic E-state index is -0.633. The summed E-state index contributed by atoms with van der Waals surface area (Å²) >= 11 is 0. The third-order valence-corrected chi connectivity index (χ3v) is 2.16. The SMILES string of the molecule is CN(C)CCN(C)C(=O)c1cccc(F)n1. The number of carbonyl (C=O) groups excluding carboxylic acids is 1. The Kier molecular flexibility index (Phi) is 4.37. The number of likely N-dealkylation sites (N-methyl/N-ethyl adjacent to an activating group) is 2. The number of hydrogen-bond acceptors (Lipinski definition) is 3. The van der Waals surface area contributed by atoms with E-state index in [9.17, 15) is 9.18 Å². The average molecular weight is 225 g/mol. The van der Waals surface area contributed by atoms with Gasteiger partial charge in [-0.1, -0.05) is 6.07 Å². The minimum absolute atomic E-state index is 0.140. The van der Waals surface area contributed by atoms with E-state index >= 15 is 0 Å². The molecule has 0 spiro atoms. The van der Waals surface area contributed by atoms with Crippen molar-refractivity contribution in [2.75, 3.05) is 34.2 Å². The number of aromatic nitrogens is 1. The van der Waals surface area contributed by atoms with Crippen LogP contribution in [-0.2, 0) is 0 Å². The third-order valence-electron chi connectivity index (χ3n) is 2.16. The highest BCUT2D eigenvalue weighted by Gasteiger charge is 2.13. The zero-order valence-corrected chi connectivity index (χ0v) is 9.77. The number of hydrogen-bond donors (Lipinski definition) is 0. The highest BCUT2D eigenvalue weighted by atomic mass is 19.1. The summed E-state index contributed by atoms with van der Waals surface area (Å²) in [6.45, 7) is 1.35. The van der Waals surface area contributed by atoms with Gasteiger partial charge in [0, 0.05) is 20.1 Å². The quantitative estimate of drug-likeness (QED) is 0.713. The van der Waals surface area contributed by atoms with Gasteiger partial charge in [0.2, 0.25) is 5.95 Å². The van der Waals surface area contributed by atoms with Crippen molar-refractivity contribution in [3.05, 3.63) is 29.8 Å². The molecule has 1 aromatic rings. The number of nitrogens with zero attached hydrogens (tertiary/aromatic N) is 3. The number of carbonyl (C=O) groups is 1. The summed E-state index contributed by atoms with van der Waals surface area (Å²) in [7, 11) is 5.54. The molecule has 1 heterocycles. The zero-order valence-electron chi connectivity index (χ0n) is 9.77. The van der Waals surface area contributed by atoms with Crippen LogP contribution in [0.1, 0.15) is 10.5 Å². The van der Waals surface area contributed by atoms with Crippen molar-refractivity contribution in [2.45, 2.75) is 0 Å². The van der Waals surface area contributed by atoms with E-state index in [1.54, 1.807) is 7.05 Å². The maximum atomic E-state index is 12.8. The molecule has 0 bridgehead atoms. The molecule has 88 valence electrons. The van der Waals surface area contributed by atoms with E-state index in [0.717, 1.165) is 6.54 Å². The molecule has 1 amide bonds. The molecule has 0 aliphatic carbocycles. The monoisotopic (exact) mass is 225 g/mol. The first-order valence-electron chi connectivity index (χ1n) is 5.03. The number of halogens is 1. The van der Waals surface area contributed by atoms with E-state index in [1.807, 2.05) is 19.0 Å². The van der Waals surface area contributed by atoms with Crippen molar-refractivity contribution in [3.63, 3.8) is 0 Å². The molecule has 0 saturated carbocycles. The van der Waals surface area contributed by atoms with Gasteiger partial charge in [0.05, 0.1) is 0 Å². The van der Waals surface area contributed by atoms with Crippen LogP contribution in [0.3, 0.4) is 0 Å². The molecule has 0 N–H and O–H groups in total. The summed E-state index contributed by atoms with van der Waals surface area (Å²) < 4.78 is 12.8. The normalized spacial score (nSPS) is 10.6. The van der Waals surface area contributed by atoms with Crippen LogP contribution >= 0.6 is 0 Å². The fraction of sp³-hybridized carbons (Fsp3) is 0.455. The molecule has 5 heteroatoms. The van der Waals surface area contributed by atoms with Crippen molar-refractivity contribution in [3.8, 4) is 0 Å². The maximum absolute atomic E-state index is 12.8. The second kappa shape index (κ2) is 5.55. The lowest BCUT2D eigenvalue weighted by Crippen LogP contribution is -2.34. The van der Waals surface area contributed by atoms with Gasteiger partial charge in [0.25, 0.3) is 5.91 Å². The van der Waals surface area contributed by atoms with Gasteiger partial charge < -0.3 is 9.80 Å². The van der Waals surface area contributed by atoms with Crippen LogP contribution in [0.4, 0.5) is 4.39 Å². The summed E-state index contributed by atoms with van der Waals surface area (Å²) in [6.07, 6.45) is 0. The van der Waals surface area contributed by atoms with Gasteiger partial charge in [-0.05, 0) is 26.2 Å². The Labute approximate surface area is 94.7 Å². The molecule has 0 aliphatic rings. The first kappa shape index (κ1) is 12.6. The lowest BCUT2D eigenvalue weighted by molar-refractivity contribution is 0.0779. The Morgan fingerprint density at radius 1 is 1.31 bits per heavy atom. The molecule has 1 rings (SSSR count). The van der Waals surface area contributed by atoms with Crippen molar-refractivity contribution < 1.29 is 9.18 Å². The summed E-state index contributed by atoms with van der Waals surface area (Å²) in [5.74, 6) is -0.895. The lowest BCUT2D eigenvalue weighted by atomic mass is 10.3. The van der Waals surface area contributed by atoms with E-state index in [-0.39, 0.29) is 11.6 Å². The van der Waals surface area contributed by atoms with Gasteiger partial charge in [0.1, 0.15) is 5.69 Å². The van der Waals surface area contributed by atoms with Crippen LogP contribution in [0.5, 0.6) is 0 Å². The Morgan fingerprint density at radius 3 is 2.56 bits per heavy atom. The zero-order chi connectivity index (χ0) is 12.1. The molecular formula is C11H16FN3O. The van der Waals surface area contributed by atoms with Crippen LogP contribution in [0.2, 0.25) is 0 Å². The molecule has 16 heavy (non-hydrogen) atoms. The lowest BCUT2D eigenvalue weighted by Gasteiger charge is -2.19. The Morgan fingerprint density at radius 2 is 2.00 bits per heavy atom. The van der Waals surface area contributed by atoms with Crippen LogP contribution < -0.4 is 0 Å². The van der Waals surface area contributed by atoms with E-state index in [0.29, 0.717) is 6.54 Å². The standard InChI is InChI=1S/C11H16FN3O/c1-14(2)7-8-15(3)11(16)9-5-4-6-10(12)13-9/h4-6H,7-8H2,1-3H3. The molecule has 0 atom stereocenters. The predicted molar refractivity (Wildman–Crippen MR) is 59.7 cm³/mol. The van der Waals surface area contributed by atoms with E-state index in [4.69, 9.17) is 0 Å². The molecule has 0 radical (unpaired) electrons. The predicted octanol–water partition coefficient (Wildman–Crippen LogP) is 0.854. The largest absolute Gasteiger partial charge is 0.339 e. The Hall–Kier alpha value is -1.49. The number of pyridine rings is 1. The topological polar surface area (TPSA) is 36.4 Å². The average Bonchev–Trinajstić information content (AvgIpc) is 2.24. The van der Waals surface area contributed by atoms with Crippen molar-refractivity contribution in [1.82, 2.24) is 14.8 Å². The summed E-state index contributed by atoms with van der Waals surface area (Å²) in [4.78, 5) is 18.8. The molecule has 0 fully saturated rings. The fourth-order valence-corrected chi connectivity index (χ4v) is 1.17. The summed E-state index contributed by atoms with van der Waals surface area (Å²) in [6, 6.07) is 4.21. The summed E-state index contributed by atoms with van der Waals surface area (Å²) in [5.41, 5.74) is 0.140. The van der Waals surface area contributed by atoms with E-state index in [1.165, 1.54) is 23.1 Å². The Bertz CT molecular complexity index is 368. The van der Waals surface area contributed by atoms with Crippen LogP contribution in [0.15, 0.2) is 18.2 Å². The second-order valence-corrected chi connectivity index (χ2v) is 3.88. The third kappa shape index (κ3) is 3.58. The van der Waals surface area contributed by atoms with Crippen molar-refractivity contribution >= 4 is 5.91 Å². The minimum Gasteiger partial charge on any atom is -0.339 e. The van der Waals surface area contributed by atoms with Crippen molar-refractivity contribution in [1.29, 1.82) is 0 Å². The molecule has 4 nitrogen and oxygen atoms in total. The van der Waals surface area contributed by atoms with Gasteiger partial charge in [-0.2, -0.15) is 4.39 Å². The van der Waals surface area contributed by atoms with Crippen molar-refractivity contribution in [2.24, 2.45) is 0 Å². The highest BCUT2D eigenvalue weighted by molar-refractivity contribution is 5.92. The van der Waals surface area contributed by atoms with Crippen LogP contribution in [0, 0.1) is 5.95 Å². The van der Waals surface area contributed by atoms with E-state index in [2.05, 4.69) is 4.98 Å². The maximum Gasteiger partial charge on any atom is 0.272 e. The fourth-order valence-electron chi connectivity index (χ4n) is 1.17. The first-order chi connectivity index (χ1) is 7.50. The first-order valence-corrected chi connectivity index (χ1v) is 5.03. The molecule has 1 aromatic heterocycles. The summed E-state index contributed by atoms with van der Waals surface area (Å²) in [5, 5.41) is 0. The van der Waals surface area contributed by atoms with Crippen LogP contribution in [0.25, 0.3) is 0 Å². The molecular weight excluding hydrogens is 209 g/mol. The molecule has 0 unspecified atom stereocenters. The Balaban J connectivity index is 2.63. The molecule has 0 aromatic carbocycles. The smallest absolute Gasteiger partial charge is 0.272 e. The number of rotatable bonds is 4.